The molecule has 4 rings (SSSR count). The van der Waals surface area contributed by atoms with Crippen molar-refractivity contribution in [1.29, 1.82) is 0 Å². The Morgan fingerprint density at radius 1 is 0.827 bits per heavy atom. The summed E-state index contributed by atoms with van der Waals surface area (Å²) >= 11 is 0. The van der Waals surface area contributed by atoms with E-state index in [2.05, 4.69) is 10.6 Å². The van der Waals surface area contributed by atoms with Gasteiger partial charge in [-0.15, -0.1) is 0 Å². The van der Waals surface area contributed by atoms with E-state index in [1.807, 2.05) is 0 Å². The largest absolute Gasteiger partial charge is 0.514 e. The summed E-state index contributed by atoms with van der Waals surface area (Å²) in [4.78, 5) is 63.2. The number of ether oxygens (including phenoxy) is 5. The van der Waals surface area contributed by atoms with E-state index in [4.69, 9.17) is 28.1 Å². The van der Waals surface area contributed by atoms with Crippen LogP contribution in [0.2, 0.25) is 0 Å². The highest BCUT2D eigenvalue weighted by molar-refractivity contribution is 5.86. The number of carbonyl (C=O) groups excluding carboxylic acids is 4. The molecule has 4 aromatic rings. The molecule has 0 spiro atoms. The van der Waals surface area contributed by atoms with Crippen LogP contribution in [0.4, 0.5) is 14.0 Å². The molecule has 1 atom stereocenters. The number of amides is 2. The zero-order valence-corrected chi connectivity index (χ0v) is 29.7. The van der Waals surface area contributed by atoms with Crippen LogP contribution in [0.15, 0.2) is 82.2 Å². The van der Waals surface area contributed by atoms with Crippen LogP contribution in [0.1, 0.15) is 59.9 Å². The quantitative estimate of drug-likeness (QED) is 0.0671. The summed E-state index contributed by atoms with van der Waals surface area (Å²) in [6, 6.07) is 15.1. The molecule has 13 nitrogen and oxygen atoms in total. The third-order valence-electron chi connectivity index (χ3n) is 6.82. The molecule has 276 valence electrons. The number of fused-ring (bicyclic) bond motifs is 1. The van der Waals surface area contributed by atoms with Gasteiger partial charge < -0.3 is 38.7 Å². The number of para-hydroxylation sites is 1. The van der Waals surface area contributed by atoms with Gasteiger partial charge >= 0.3 is 18.2 Å². The molecular formula is C38H41FN2O11. The molecule has 0 saturated carbocycles. The van der Waals surface area contributed by atoms with E-state index in [9.17, 15) is 28.4 Å². The Kier molecular flexibility index (Phi) is 12.6. The fourth-order valence-corrected chi connectivity index (χ4v) is 4.58. The lowest BCUT2D eigenvalue weighted by Crippen LogP contribution is -2.49. The summed E-state index contributed by atoms with van der Waals surface area (Å²) < 4.78 is 45.9. The van der Waals surface area contributed by atoms with Gasteiger partial charge in [0.2, 0.25) is 17.1 Å². The normalized spacial score (nSPS) is 12.0. The molecule has 0 bridgehead atoms. The first kappa shape index (κ1) is 38.9. The smallest absolute Gasteiger partial charge is 0.460 e. The molecule has 1 heterocycles. The van der Waals surface area contributed by atoms with Gasteiger partial charge in [-0.3, -0.25) is 14.4 Å². The molecule has 0 aliphatic heterocycles. The Hall–Kier alpha value is -5.92. The van der Waals surface area contributed by atoms with Gasteiger partial charge in [0.15, 0.2) is 11.6 Å². The van der Waals surface area contributed by atoms with Gasteiger partial charge in [-0.05, 0) is 89.9 Å². The van der Waals surface area contributed by atoms with Gasteiger partial charge in [0, 0.05) is 25.5 Å². The van der Waals surface area contributed by atoms with Crippen LogP contribution in [-0.2, 0) is 25.5 Å². The highest BCUT2D eigenvalue weighted by Crippen LogP contribution is 2.26. The SMILES string of the molecule is CC(C)(C)OC(=O)NC(Cc1ccc(OC(=O)OC(C)(C)C)cc1)C(=O)NCCCC(=O)Oc1ccc2c(=O)c(Oc3ccccc3F)coc2c1. The standard InChI is InChI=1S/C38H41FN2O11/c1-37(2,3)51-35(45)41-28(20-23-13-15-24(16-14-23)49-36(46)52-38(4,5)6)34(44)40-19-9-12-32(42)48-25-17-18-26-30(21-25)47-22-31(33(26)43)50-29-11-8-7-10-27(29)39/h7-8,10-11,13-18,21-22,28H,9,12,19-20H2,1-6H3,(H,40,44)(H,41,45). The minimum absolute atomic E-state index is 0.0685. The number of alkyl carbamates (subject to hydrolysis) is 1. The van der Waals surface area contributed by atoms with Crippen molar-refractivity contribution < 1.29 is 51.7 Å². The van der Waals surface area contributed by atoms with Crippen LogP contribution in [-0.4, -0.2) is 47.9 Å². The second-order valence-corrected chi connectivity index (χ2v) is 13.6. The van der Waals surface area contributed by atoms with Crippen molar-refractivity contribution in [2.45, 2.75) is 78.0 Å². The first-order chi connectivity index (χ1) is 24.5. The second kappa shape index (κ2) is 16.9. The highest BCUT2D eigenvalue weighted by atomic mass is 19.1. The van der Waals surface area contributed by atoms with E-state index < -0.39 is 52.6 Å². The van der Waals surface area contributed by atoms with Crippen LogP contribution in [0.5, 0.6) is 23.0 Å². The van der Waals surface area contributed by atoms with Crippen LogP contribution in [0.3, 0.4) is 0 Å². The molecule has 2 amide bonds. The fraction of sp³-hybridized carbons (Fsp3) is 0.342. The summed E-state index contributed by atoms with van der Waals surface area (Å²) in [6.07, 6.45) is -0.384. The van der Waals surface area contributed by atoms with Gasteiger partial charge in [-0.1, -0.05) is 24.3 Å². The van der Waals surface area contributed by atoms with Crippen molar-refractivity contribution in [3.05, 3.63) is 94.6 Å². The maximum atomic E-state index is 14.0. The first-order valence-corrected chi connectivity index (χ1v) is 16.4. The van der Waals surface area contributed by atoms with Gasteiger partial charge in [0.1, 0.15) is 40.6 Å². The summed E-state index contributed by atoms with van der Waals surface area (Å²) in [5.41, 5.74) is -1.29. The van der Waals surface area contributed by atoms with Crippen LogP contribution in [0.25, 0.3) is 11.0 Å². The molecule has 52 heavy (non-hydrogen) atoms. The van der Waals surface area contributed by atoms with Crippen LogP contribution >= 0.6 is 0 Å². The predicted molar refractivity (Wildman–Crippen MR) is 187 cm³/mol. The van der Waals surface area contributed by atoms with E-state index in [0.717, 1.165) is 6.26 Å². The number of nitrogens with one attached hydrogen (secondary N) is 2. The van der Waals surface area contributed by atoms with E-state index in [-0.39, 0.29) is 59.8 Å². The summed E-state index contributed by atoms with van der Waals surface area (Å²) in [7, 11) is 0. The van der Waals surface area contributed by atoms with Crippen molar-refractivity contribution >= 4 is 35.1 Å². The number of esters is 1. The van der Waals surface area contributed by atoms with Crippen molar-refractivity contribution in [3.8, 4) is 23.0 Å². The molecular weight excluding hydrogens is 679 g/mol. The molecule has 0 fully saturated rings. The second-order valence-electron chi connectivity index (χ2n) is 13.6. The van der Waals surface area contributed by atoms with Crippen LogP contribution in [0, 0.1) is 5.82 Å². The third-order valence-corrected chi connectivity index (χ3v) is 6.82. The lowest BCUT2D eigenvalue weighted by Gasteiger charge is -2.23. The highest BCUT2D eigenvalue weighted by Gasteiger charge is 2.25. The number of hydrogen-bond donors (Lipinski definition) is 2. The van der Waals surface area contributed by atoms with Crippen LogP contribution < -0.4 is 30.3 Å². The summed E-state index contributed by atoms with van der Waals surface area (Å²) in [5.74, 6) is -1.75. The number of carbonyl (C=O) groups is 4. The molecule has 0 aliphatic rings. The lowest BCUT2D eigenvalue weighted by atomic mass is 10.0. The molecule has 0 saturated heterocycles. The van der Waals surface area contributed by atoms with Crippen molar-refractivity contribution in [2.24, 2.45) is 0 Å². The van der Waals surface area contributed by atoms with Crippen molar-refractivity contribution in [1.82, 2.24) is 10.6 Å². The molecule has 0 radical (unpaired) electrons. The Labute approximate surface area is 299 Å². The average molecular weight is 721 g/mol. The van der Waals surface area contributed by atoms with Gasteiger partial charge in [0.25, 0.3) is 0 Å². The topological polar surface area (TPSA) is 169 Å². The van der Waals surface area contributed by atoms with Crippen molar-refractivity contribution in [3.63, 3.8) is 0 Å². The third kappa shape index (κ3) is 12.1. The Bertz CT molecular complexity index is 1960. The number of rotatable bonds is 12. The number of hydrogen-bond acceptors (Lipinski definition) is 11. The molecule has 3 aromatic carbocycles. The molecule has 2 N–H and O–H groups in total. The maximum absolute atomic E-state index is 14.0. The zero-order chi connectivity index (χ0) is 38.1. The molecule has 1 unspecified atom stereocenters. The summed E-state index contributed by atoms with van der Waals surface area (Å²) in [6.45, 7) is 10.3. The molecule has 0 aliphatic carbocycles. The van der Waals surface area contributed by atoms with Gasteiger partial charge in [-0.2, -0.15) is 0 Å². The minimum atomic E-state index is -1.04. The fourth-order valence-electron chi connectivity index (χ4n) is 4.58. The van der Waals surface area contributed by atoms with Crippen molar-refractivity contribution in [2.75, 3.05) is 6.54 Å². The minimum Gasteiger partial charge on any atom is -0.460 e. The predicted octanol–water partition coefficient (Wildman–Crippen LogP) is 6.98. The van der Waals surface area contributed by atoms with E-state index in [1.165, 1.54) is 48.5 Å². The van der Waals surface area contributed by atoms with Gasteiger partial charge in [-0.25, -0.2) is 14.0 Å². The molecule has 1 aromatic heterocycles. The number of benzene rings is 3. The van der Waals surface area contributed by atoms with E-state index in [0.29, 0.717) is 5.56 Å². The first-order valence-electron chi connectivity index (χ1n) is 16.4. The molecule has 14 heteroatoms. The lowest BCUT2D eigenvalue weighted by molar-refractivity contribution is -0.134. The Balaban J connectivity index is 1.31. The zero-order valence-electron chi connectivity index (χ0n) is 29.7. The van der Waals surface area contributed by atoms with E-state index >= 15 is 0 Å². The Morgan fingerprint density at radius 3 is 2.17 bits per heavy atom. The Morgan fingerprint density at radius 2 is 1.50 bits per heavy atom. The number of halogens is 1. The monoisotopic (exact) mass is 720 g/mol. The summed E-state index contributed by atoms with van der Waals surface area (Å²) in [5, 5.41) is 5.44. The van der Waals surface area contributed by atoms with Gasteiger partial charge in [0.05, 0.1) is 5.39 Å². The maximum Gasteiger partial charge on any atom is 0.514 e. The average Bonchev–Trinajstić information content (AvgIpc) is 3.04. The van der Waals surface area contributed by atoms with E-state index in [1.54, 1.807) is 59.7 Å².